The van der Waals surface area contributed by atoms with E-state index in [9.17, 15) is 0 Å². The van der Waals surface area contributed by atoms with Crippen molar-refractivity contribution < 1.29 is 14.2 Å². The quantitative estimate of drug-likeness (QED) is 0.682. The topological polar surface area (TPSA) is 52.6 Å². The Bertz CT molecular complexity index is 981. The molecule has 4 rings (SSSR count). The molecule has 0 saturated carbocycles. The summed E-state index contributed by atoms with van der Waals surface area (Å²) in [5.74, 6) is 2.29. The minimum atomic E-state index is -0.199. The highest BCUT2D eigenvalue weighted by molar-refractivity contribution is 7.13. The Hall–Kier alpha value is -2.73. The zero-order chi connectivity index (χ0) is 19.0. The van der Waals surface area contributed by atoms with E-state index in [4.69, 9.17) is 19.2 Å². The summed E-state index contributed by atoms with van der Waals surface area (Å²) in [6.07, 6.45) is 0. The third-order valence-electron chi connectivity index (χ3n) is 4.50. The standard InChI is InChI=1S/C21H22N2O3S/c1-21(2)12-22-15-9-13(5-7-17(15)26-21)16-11-27-20(23-16)14-6-8-18(24-3)19(10-14)25-4/h5-11,22H,12H2,1-4H3. The molecule has 2 heterocycles. The van der Waals surface area contributed by atoms with Crippen molar-refractivity contribution in [1.82, 2.24) is 4.98 Å². The van der Waals surface area contributed by atoms with Gasteiger partial charge in [0, 0.05) is 16.5 Å². The summed E-state index contributed by atoms with van der Waals surface area (Å²) in [5, 5.41) is 6.46. The van der Waals surface area contributed by atoms with E-state index in [2.05, 4.69) is 36.7 Å². The van der Waals surface area contributed by atoms with Crippen LogP contribution in [0, 0.1) is 0 Å². The molecule has 0 saturated heterocycles. The molecule has 0 fully saturated rings. The Morgan fingerprint density at radius 3 is 2.59 bits per heavy atom. The van der Waals surface area contributed by atoms with Gasteiger partial charge in [-0.05, 0) is 50.2 Å². The van der Waals surface area contributed by atoms with Gasteiger partial charge in [0.1, 0.15) is 16.4 Å². The summed E-state index contributed by atoms with van der Waals surface area (Å²) in [6, 6.07) is 12.0. The highest BCUT2D eigenvalue weighted by atomic mass is 32.1. The number of hydrogen-bond donors (Lipinski definition) is 1. The minimum absolute atomic E-state index is 0.199. The number of aromatic nitrogens is 1. The van der Waals surface area contributed by atoms with Gasteiger partial charge in [-0.1, -0.05) is 0 Å². The molecule has 0 spiro atoms. The van der Waals surface area contributed by atoms with Crippen LogP contribution >= 0.6 is 11.3 Å². The van der Waals surface area contributed by atoms with Gasteiger partial charge in [-0.2, -0.15) is 0 Å². The fraction of sp³-hybridized carbons (Fsp3) is 0.286. The van der Waals surface area contributed by atoms with Crippen molar-refractivity contribution in [3.05, 3.63) is 41.8 Å². The van der Waals surface area contributed by atoms with E-state index in [0.717, 1.165) is 39.8 Å². The molecular weight excluding hydrogens is 360 g/mol. The van der Waals surface area contributed by atoms with Gasteiger partial charge in [-0.25, -0.2) is 4.98 Å². The first-order chi connectivity index (χ1) is 13.0. The molecule has 1 N–H and O–H groups in total. The maximum Gasteiger partial charge on any atom is 0.161 e. The van der Waals surface area contributed by atoms with Crippen molar-refractivity contribution in [2.24, 2.45) is 0 Å². The second-order valence-electron chi connectivity index (χ2n) is 7.03. The summed E-state index contributed by atoms with van der Waals surface area (Å²) in [5.41, 5.74) is 3.82. The average Bonchev–Trinajstić information content (AvgIpc) is 3.16. The Labute approximate surface area is 162 Å². The van der Waals surface area contributed by atoms with E-state index in [1.807, 2.05) is 24.3 Å². The molecule has 0 unspecified atom stereocenters. The van der Waals surface area contributed by atoms with E-state index in [-0.39, 0.29) is 5.60 Å². The third kappa shape index (κ3) is 3.45. The lowest BCUT2D eigenvalue weighted by Gasteiger charge is -2.33. The van der Waals surface area contributed by atoms with Crippen LogP contribution < -0.4 is 19.5 Å². The van der Waals surface area contributed by atoms with Crippen molar-refractivity contribution in [2.45, 2.75) is 19.4 Å². The first-order valence-electron chi connectivity index (χ1n) is 8.74. The molecule has 140 valence electrons. The Balaban J connectivity index is 1.64. The van der Waals surface area contributed by atoms with E-state index in [1.165, 1.54) is 0 Å². The Kier molecular flexibility index (Phi) is 4.44. The van der Waals surface area contributed by atoms with E-state index < -0.39 is 0 Å². The van der Waals surface area contributed by atoms with Gasteiger partial charge in [0.2, 0.25) is 0 Å². The molecule has 0 aliphatic carbocycles. The first-order valence-corrected chi connectivity index (χ1v) is 9.62. The normalized spacial score (nSPS) is 14.7. The van der Waals surface area contributed by atoms with Crippen LogP contribution in [0.2, 0.25) is 0 Å². The molecule has 3 aromatic rings. The average molecular weight is 382 g/mol. The summed E-state index contributed by atoms with van der Waals surface area (Å²) in [7, 11) is 3.27. The van der Waals surface area contributed by atoms with Crippen molar-refractivity contribution in [3.63, 3.8) is 0 Å². The van der Waals surface area contributed by atoms with Crippen LogP contribution in [0.3, 0.4) is 0 Å². The maximum atomic E-state index is 6.03. The van der Waals surface area contributed by atoms with E-state index in [1.54, 1.807) is 25.6 Å². The lowest BCUT2D eigenvalue weighted by molar-refractivity contribution is 0.116. The first kappa shape index (κ1) is 17.7. The lowest BCUT2D eigenvalue weighted by Crippen LogP contribution is -2.39. The molecule has 1 aliphatic rings. The predicted octanol–water partition coefficient (Wildman–Crippen LogP) is 5.08. The third-order valence-corrected chi connectivity index (χ3v) is 5.39. The van der Waals surface area contributed by atoms with Crippen LogP contribution in [0.4, 0.5) is 5.69 Å². The molecule has 1 aliphatic heterocycles. The molecule has 0 atom stereocenters. The summed E-state index contributed by atoms with van der Waals surface area (Å²) >= 11 is 1.61. The number of nitrogens with zero attached hydrogens (tertiary/aromatic N) is 1. The Morgan fingerprint density at radius 1 is 1.04 bits per heavy atom. The maximum absolute atomic E-state index is 6.03. The second kappa shape index (κ2) is 6.78. The van der Waals surface area contributed by atoms with Crippen molar-refractivity contribution in [3.8, 4) is 39.1 Å². The van der Waals surface area contributed by atoms with Crippen molar-refractivity contribution in [1.29, 1.82) is 0 Å². The second-order valence-corrected chi connectivity index (χ2v) is 7.89. The van der Waals surface area contributed by atoms with Crippen molar-refractivity contribution >= 4 is 17.0 Å². The van der Waals surface area contributed by atoms with Crippen LogP contribution in [0.1, 0.15) is 13.8 Å². The van der Waals surface area contributed by atoms with Crippen LogP contribution in [0.15, 0.2) is 41.8 Å². The SMILES string of the molecule is COc1ccc(-c2nc(-c3ccc4c(c3)NCC(C)(C)O4)cs2)cc1OC. The number of thiazole rings is 1. The molecule has 1 aromatic heterocycles. The highest BCUT2D eigenvalue weighted by Crippen LogP contribution is 2.38. The summed E-state index contributed by atoms with van der Waals surface area (Å²) in [6.45, 7) is 4.93. The monoisotopic (exact) mass is 382 g/mol. The molecular formula is C21H22N2O3S. The van der Waals surface area contributed by atoms with Crippen LogP contribution in [0.25, 0.3) is 21.8 Å². The molecule has 0 radical (unpaired) electrons. The van der Waals surface area contributed by atoms with Gasteiger partial charge in [0.05, 0.1) is 32.1 Å². The molecule has 27 heavy (non-hydrogen) atoms. The number of ether oxygens (including phenoxy) is 3. The molecule has 0 bridgehead atoms. The minimum Gasteiger partial charge on any atom is -0.493 e. The lowest BCUT2D eigenvalue weighted by atomic mass is 10.1. The van der Waals surface area contributed by atoms with Gasteiger partial charge in [0.15, 0.2) is 11.5 Å². The van der Waals surface area contributed by atoms with Crippen LogP contribution in [-0.2, 0) is 0 Å². The van der Waals surface area contributed by atoms with Crippen LogP contribution in [-0.4, -0.2) is 31.3 Å². The molecule has 0 amide bonds. The summed E-state index contributed by atoms with van der Waals surface area (Å²) in [4.78, 5) is 4.81. The number of nitrogens with one attached hydrogen (secondary N) is 1. The molecule has 6 heteroatoms. The number of rotatable bonds is 4. The van der Waals surface area contributed by atoms with Gasteiger partial charge < -0.3 is 19.5 Å². The highest BCUT2D eigenvalue weighted by Gasteiger charge is 2.26. The number of methoxy groups -OCH3 is 2. The van der Waals surface area contributed by atoms with Gasteiger partial charge in [0.25, 0.3) is 0 Å². The van der Waals surface area contributed by atoms with Gasteiger partial charge >= 0.3 is 0 Å². The largest absolute Gasteiger partial charge is 0.493 e. The van der Waals surface area contributed by atoms with E-state index in [0.29, 0.717) is 11.5 Å². The summed E-state index contributed by atoms with van der Waals surface area (Å²) < 4.78 is 16.7. The zero-order valence-corrected chi connectivity index (χ0v) is 16.6. The molecule has 5 nitrogen and oxygen atoms in total. The number of benzene rings is 2. The smallest absolute Gasteiger partial charge is 0.161 e. The predicted molar refractivity (Wildman–Crippen MR) is 109 cm³/mol. The van der Waals surface area contributed by atoms with Gasteiger partial charge in [-0.15, -0.1) is 11.3 Å². The molecule has 2 aromatic carbocycles. The van der Waals surface area contributed by atoms with E-state index >= 15 is 0 Å². The number of hydrogen-bond acceptors (Lipinski definition) is 6. The number of fused-ring (bicyclic) bond motifs is 1. The Morgan fingerprint density at radius 2 is 1.81 bits per heavy atom. The van der Waals surface area contributed by atoms with Crippen molar-refractivity contribution in [2.75, 3.05) is 26.1 Å². The fourth-order valence-corrected chi connectivity index (χ4v) is 3.89. The fourth-order valence-electron chi connectivity index (χ4n) is 3.07. The zero-order valence-electron chi connectivity index (χ0n) is 15.8. The van der Waals surface area contributed by atoms with Gasteiger partial charge in [-0.3, -0.25) is 0 Å². The number of anilines is 1. The van der Waals surface area contributed by atoms with Crippen LogP contribution in [0.5, 0.6) is 17.2 Å².